The lowest BCUT2D eigenvalue weighted by Gasteiger charge is -2.23. The first-order valence-electron chi connectivity index (χ1n) is 5.29. The third-order valence-electron chi connectivity index (χ3n) is 2.59. The summed E-state index contributed by atoms with van der Waals surface area (Å²) < 4.78 is 0. The van der Waals surface area contributed by atoms with Gasteiger partial charge in [0.05, 0.1) is 5.69 Å². The number of pyridine rings is 1. The minimum absolute atomic E-state index is 0. The van der Waals surface area contributed by atoms with Crippen molar-refractivity contribution in [3.05, 3.63) is 30.1 Å². The third-order valence-corrected chi connectivity index (χ3v) is 2.59. The monoisotopic (exact) mass is 299 g/mol. The van der Waals surface area contributed by atoms with Crippen molar-refractivity contribution in [2.24, 2.45) is 0 Å². The van der Waals surface area contributed by atoms with E-state index in [1.165, 1.54) is 19.4 Å². The maximum absolute atomic E-state index is 4.28. The van der Waals surface area contributed by atoms with Gasteiger partial charge in [0.1, 0.15) is 0 Å². The van der Waals surface area contributed by atoms with Crippen molar-refractivity contribution in [3.63, 3.8) is 0 Å². The van der Waals surface area contributed by atoms with Crippen LogP contribution in [0.3, 0.4) is 0 Å². The zero-order valence-corrected chi connectivity index (χ0v) is 12.0. The van der Waals surface area contributed by atoms with Crippen LogP contribution in [0.25, 0.3) is 0 Å². The number of aromatic nitrogens is 1. The van der Waals surface area contributed by atoms with Crippen molar-refractivity contribution < 1.29 is 0 Å². The molecule has 1 aromatic rings. The molecule has 0 aromatic carbocycles. The molecule has 0 bridgehead atoms. The molecule has 17 heavy (non-hydrogen) atoms. The number of halogens is 3. The van der Waals surface area contributed by atoms with Gasteiger partial charge >= 0.3 is 0 Å². The Morgan fingerprint density at radius 3 is 2.71 bits per heavy atom. The standard InChI is InChI=1S/C11H17N3.3ClH/c1-2-7-13-11(4-1)9-14-10-5-3-6-12-8-10;;;/h1-2,4,7,10,12,14H,3,5-6,8-9H2;3*1H/t10-;;;/m0.../s1. The van der Waals surface area contributed by atoms with Crippen LogP contribution in [-0.4, -0.2) is 24.1 Å². The molecule has 0 saturated carbocycles. The fraction of sp³-hybridized carbons (Fsp3) is 0.545. The van der Waals surface area contributed by atoms with Gasteiger partial charge in [-0.15, -0.1) is 37.2 Å². The van der Waals surface area contributed by atoms with Crippen molar-refractivity contribution >= 4 is 37.2 Å². The molecule has 0 amide bonds. The minimum atomic E-state index is 0. The molecule has 6 heteroatoms. The van der Waals surface area contributed by atoms with E-state index in [1.807, 2.05) is 18.3 Å². The Balaban J connectivity index is 0. The lowest BCUT2D eigenvalue weighted by atomic mass is 10.1. The van der Waals surface area contributed by atoms with E-state index in [0.717, 1.165) is 18.8 Å². The van der Waals surface area contributed by atoms with Gasteiger partial charge in [-0.1, -0.05) is 6.07 Å². The molecule has 1 aliphatic heterocycles. The average Bonchev–Trinajstić information content (AvgIpc) is 2.29. The van der Waals surface area contributed by atoms with E-state index in [1.54, 1.807) is 0 Å². The van der Waals surface area contributed by atoms with Crippen LogP contribution in [0.15, 0.2) is 24.4 Å². The fourth-order valence-corrected chi connectivity index (χ4v) is 1.78. The molecular formula is C11H20Cl3N3. The molecule has 1 fully saturated rings. The van der Waals surface area contributed by atoms with Crippen LogP contribution in [0.1, 0.15) is 18.5 Å². The second-order valence-electron chi connectivity index (χ2n) is 3.75. The summed E-state index contributed by atoms with van der Waals surface area (Å²) in [6.07, 6.45) is 4.40. The molecule has 2 heterocycles. The average molecular weight is 301 g/mol. The van der Waals surface area contributed by atoms with Crippen LogP contribution in [0.2, 0.25) is 0 Å². The van der Waals surface area contributed by atoms with Crippen molar-refractivity contribution in [2.75, 3.05) is 13.1 Å². The van der Waals surface area contributed by atoms with Crippen LogP contribution in [0, 0.1) is 0 Å². The normalized spacial score (nSPS) is 18.2. The molecule has 3 nitrogen and oxygen atoms in total. The summed E-state index contributed by atoms with van der Waals surface area (Å²) in [4.78, 5) is 4.28. The molecular weight excluding hydrogens is 281 g/mol. The Labute approximate surface area is 121 Å². The third kappa shape index (κ3) is 7.06. The van der Waals surface area contributed by atoms with Crippen molar-refractivity contribution in [1.82, 2.24) is 15.6 Å². The molecule has 2 N–H and O–H groups in total. The fourth-order valence-electron chi connectivity index (χ4n) is 1.78. The molecule has 0 unspecified atom stereocenters. The lowest BCUT2D eigenvalue weighted by Crippen LogP contribution is -2.42. The number of hydrogen-bond donors (Lipinski definition) is 2. The first-order chi connectivity index (χ1) is 6.95. The Morgan fingerprint density at radius 1 is 1.29 bits per heavy atom. The van der Waals surface area contributed by atoms with E-state index in [0.29, 0.717) is 6.04 Å². The highest BCUT2D eigenvalue weighted by Gasteiger charge is 2.11. The second-order valence-corrected chi connectivity index (χ2v) is 3.75. The number of hydrogen-bond acceptors (Lipinski definition) is 3. The van der Waals surface area contributed by atoms with Gasteiger partial charge in [-0.3, -0.25) is 4.98 Å². The summed E-state index contributed by atoms with van der Waals surface area (Å²) in [7, 11) is 0. The summed E-state index contributed by atoms with van der Waals surface area (Å²) in [5, 5.41) is 6.90. The Morgan fingerprint density at radius 2 is 2.12 bits per heavy atom. The van der Waals surface area contributed by atoms with Gasteiger partial charge in [0.15, 0.2) is 0 Å². The molecule has 0 spiro atoms. The van der Waals surface area contributed by atoms with Crippen LogP contribution >= 0.6 is 37.2 Å². The summed E-state index contributed by atoms with van der Waals surface area (Å²) >= 11 is 0. The van der Waals surface area contributed by atoms with E-state index in [2.05, 4.69) is 21.7 Å². The maximum Gasteiger partial charge on any atom is 0.0541 e. The number of rotatable bonds is 3. The largest absolute Gasteiger partial charge is 0.315 e. The Bertz CT molecular complexity index is 266. The van der Waals surface area contributed by atoms with Crippen molar-refractivity contribution in [1.29, 1.82) is 0 Å². The molecule has 1 aliphatic rings. The van der Waals surface area contributed by atoms with Gasteiger partial charge in [0.25, 0.3) is 0 Å². The highest BCUT2D eigenvalue weighted by Crippen LogP contribution is 2.02. The predicted molar refractivity (Wildman–Crippen MR) is 78.7 cm³/mol. The Hall–Kier alpha value is -0.0600. The zero-order chi connectivity index (χ0) is 9.64. The van der Waals surface area contributed by atoms with Crippen LogP contribution in [0.5, 0.6) is 0 Å². The van der Waals surface area contributed by atoms with Crippen LogP contribution in [-0.2, 0) is 6.54 Å². The summed E-state index contributed by atoms with van der Waals surface area (Å²) in [5.41, 5.74) is 1.12. The summed E-state index contributed by atoms with van der Waals surface area (Å²) in [6, 6.07) is 6.66. The van der Waals surface area contributed by atoms with Gasteiger partial charge in [-0.2, -0.15) is 0 Å². The number of nitrogens with one attached hydrogen (secondary N) is 2. The highest BCUT2D eigenvalue weighted by molar-refractivity contribution is 5.86. The minimum Gasteiger partial charge on any atom is -0.315 e. The predicted octanol–water partition coefficient (Wildman–Crippen LogP) is 2.19. The van der Waals surface area contributed by atoms with Crippen LogP contribution in [0.4, 0.5) is 0 Å². The first-order valence-corrected chi connectivity index (χ1v) is 5.29. The van der Waals surface area contributed by atoms with E-state index in [9.17, 15) is 0 Å². The Kier molecular flexibility index (Phi) is 12.5. The van der Waals surface area contributed by atoms with Crippen molar-refractivity contribution in [3.8, 4) is 0 Å². The SMILES string of the molecule is Cl.Cl.Cl.c1ccc(CN[C@H]2CCCNC2)nc1. The quantitative estimate of drug-likeness (QED) is 0.898. The van der Waals surface area contributed by atoms with E-state index >= 15 is 0 Å². The molecule has 0 radical (unpaired) electrons. The zero-order valence-electron chi connectivity index (χ0n) is 9.59. The highest BCUT2D eigenvalue weighted by atomic mass is 35.5. The van der Waals surface area contributed by atoms with E-state index in [-0.39, 0.29) is 37.2 Å². The number of nitrogens with zero attached hydrogens (tertiary/aromatic N) is 1. The van der Waals surface area contributed by atoms with Gasteiger partial charge < -0.3 is 10.6 Å². The van der Waals surface area contributed by atoms with E-state index in [4.69, 9.17) is 0 Å². The molecule has 0 aliphatic carbocycles. The summed E-state index contributed by atoms with van der Waals surface area (Å²) in [6.45, 7) is 3.14. The molecule has 2 rings (SSSR count). The van der Waals surface area contributed by atoms with Gasteiger partial charge in [0.2, 0.25) is 0 Å². The lowest BCUT2D eigenvalue weighted by molar-refractivity contribution is 0.387. The van der Waals surface area contributed by atoms with Crippen molar-refractivity contribution in [2.45, 2.75) is 25.4 Å². The molecule has 1 atom stereocenters. The van der Waals surface area contributed by atoms with E-state index < -0.39 is 0 Å². The molecule has 1 saturated heterocycles. The van der Waals surface area contributed by atoms with Crippen LogP contribution < -0.4 is 10.6 Å². The topological polar surface area (TPSA) is 37.0 Å². The van der Waals surface area contributed by atoms with Gasteiger partial charge in [-0.25, -0.2) is 0 Å². The molecule has 1 aromatic heterocycles. The summed E-state index contributed by atoms with van der Waals surface area (Å²) in [5.74, 6) is 0. The molecule has 100 valence electrons. The smallest absolute Gasteiger partial charge is 0.0541 e. The van der Waals surface area contributed by atoms with Gasteiger partial charge in [0, 0.05) is 25.3 Å². The number of piperidine rings is 1. The van der Waals surface area contributed by atoms with Gasteiger partial charge in [-0.05, 0) is 31.5 Å². The first kappa shape index (κ1) is 19.3. The second kappa shape index (κ2) is 11.1. The maximum atomic E-state index is 4.28.